The summed E-state index contributed by atoms with van der Waals surface area (Å²) in [6.45, 7) is 1.53. The van der Waals surface area contributed by atoms with Gasteiger partial charge in [0, 0.05) is 16.5 Å². The third-order valence-electron chi connectivity index (χ3n) is 7.36. The van der Waals surface area contributed by atoms with E-state index in [9.17, 15) is 32.3 Å². The molecule has 0 radical (unpaired) electrons. The quantitative estimate of drug-likeness (QED) is 0.295. The van der Waals surface area contributed by atoms with E-state index in [1.54, 1.807) is 42.5 Å². The number of thioether (sulfide) groups is 1. The van der Waals surface area contributed by atoms with Gasteiger partial charge in [0.15, 0.2) is 0 Å². The fourth-order valence-electron chi connectivity index (χ4n) is 5.40. The Morgan fingerprint density at radius 1 is 0.929 bits per heavy atom. The molecule has 1 fully saturated rings. The Balaban J connectivity index is 1.40. The zero-order chi connectivity index (χ0) is 29.8. The highest BCUT2D eigenvalue weighted by Gasteiger charge is 2.57. The molecular formula is C30H22F3N3O4S2. The van der Waals surface area contributed by atoms with Gasteiger partial charge in [-0.15, -0.1) is 0 Å². The summed E-state index contributed by atoms with van der Waals surface area (Å²) in [6, 6.07) is 20.2. The molecule has 3 aromatic carbocycles. The largest absolute Gasteiger partial charge is 0.416 e. The first-order valence-electron chi connectivity index (χ1n) is 12.9. The molecule has 2 aliphatic rings. The molecule has 1 aromatic heterocycles. The number of benzene rings is 3. The second-order valence-corrected chi connectivity index (χ2v) is 12.1. The number of aromatic nitrogens is 1. The van der Waals surface area contributed by atoms with Crippen molar-refractivity contribution in [2.75, 3.05) is 10.2 Å². The van der Waals surface area contributed by atoms with Gasteiger partial charge in [-0.25, -0.2) is 4.90 Å². The van der Waals surface area contributed by atoms with E-state index in [4.69, 9.17) is 0 Å². The Morgan fingerprint density at radius 3 is 2.36 bits per heavy atom. The zero-order valence-corrected chi connectivity index (χ0v) is 23.6. The highest BCUT2D eigenvalue weighted by Crippen LogP contribution is 2.54. The molecule has 3 heterocycles. The summed E-state index contributed by atoms with van der Waals surface area (Å²) in [6.07, 6.45) is -4.66. The lowest BCUT2D eigenvalue weighted by atomic mass is 9.83. The number of hydrogen-bond acceptors (Lipinski definition) is 6. The van der Waals surface area contributed by atoms with Crippen molar-refractivity contribution in [1.82, 2.24) is 4.57 Å². The number of amides is 3. The van der Waals surface area contributed by atoms with Crippen LogP contribution in [-0.2, 0) is 27.1 Å². The highest BCUT2D eigenvalue weighted by molar-refractivity contribution is 8.00. The maximum absolute atomic E-state index is 13.9. The molecular weight excluding hydrogens is 587 g/mol. The topological polar surface area (TPSA) is 88.5 Å². The Hall–Kier alpha value is -4.16. The number of para-hydroxylation sites is 1. The molecule has 3 amide bonds. The number of nitrogens with one attached hydrogen (secondary N) is 1. The lowest BCUT2D eigenvalue weighted by Gasteiger charge is -2.30. The SMILES string of the molecule is Cc1ccccc1NC(=O)Cn1c2c(sc1=O)[C@@H](c1ccccc1)[C@@H]1C(=O)N(c3cccc(C(F)(F)F)c3)C(=O)[C@@H]1S2. The molecule has 4 aromatic rings. The van der Waals surface area contributed by atoms with Crippen LogP contribution in [0.25, 0.3) is 0 Å². The maximum atomic E-state index is 13.9. The van der Waals surface area contributed by atoms with Crippen LogP contribution >= 0.6 is 23.1 Å². The van der Waals surface area contributed by atoms with E-state index in [-0.39, 0.29) is 12.2 Å². The molecule has 214 valence electrons. The average molecular weight is 610 g/mol. The summed E-state index contributed by atoms with van der Waals surface area (Å²) in [5.74, 6) is -3.42. The van der Waals surface area contributed by atoms with Gasteiger partial charge in [-0.3, -0.25) is 23.7 Å². The van der Waals surface area contributed by atoms with Gasteiger partial charge in [0.2, 0.25) is 17.7 Å². The number of carbonyl (C=O) groups excluding carboxylic acids is 3. The van der Waals surface area contributed by atoms with Crippen molar-refractivity contribution >= 4 is 52.2 Å². The summed E-state index contributed by atoms with van der Waals surface area (Å²) in [7, 11) is 0. The number of aryl methyl sites for hydroxylation is 1. The molecule has 7 nitrogen and oxygen atoms in total. The second kappa shape index (κ2) is 10.6. The van der Waals surface area contributed by atoms with Gasteiger partial charge in [0.25, 0.3) is 0 Å². The van der Waals surface area contributed by atoms with E-state index in [0.29, 0.717) is 21.2 Å². The van der Waals surface area contributed by atoms with E-state index in [1.165, 1.54) is 10.6 Å². The van der Waals surface area contributed by atoms with Crippen molar-refractivity contribution in [1.29, 1.82) is 0 Å². The van der Waals surface area contributed by atoms with Crippen LogP contribution in [0.1, 0.15) is 27.5 Å². The van der Waals surface area contributed by atoms with Crippen LogP contribution < -0.4 is 15.1 Å². The van der Waals surface area contributed by atoms with Crippen molar-refractivity contribution in [2.45, 2.75) is 35.8 Å². The molecule has 0 saturated carbocycles. The molecule has 1 saturated heterocycles. The molecule has 42 heavy (non-hydrogen) atoms. The Morgan fingerprint density at radius 2 is 1.64 bits per heavy atom. The number of fused-ring (bicyclic) bond motifs is 2. The molecule has 6 rings (SSSR count). The van der Waals surface area contributed by atoms with E-state index in [0.717, 1.165) is 51.8 Å². The molecule has 2 aliphatic heterocycles. The molecule has 12 heteroatoms. The van der Waals surface area contributed by atoms with Crippen LogP contribution in [0.3, 0.4) is 0 Å². The monoisotopic (exact) mass is 609 g/mol. The number of nitrogens with zero attached hydrogens (tertiary/aromatic N) is 2. The van der Waals surface area contributed by atoms with Crippen molar-refractivity contribution < 1.29 is 27.6 Å². The maximum Gasteiger partial charge on any atom is 0.416 e. The normalized spacial score (nSPS) is 19.9. The van der Waals surface area contributed by atoms with Gasteiger partial charge in [0.1, 0.15) is 11.8 Å². The van der Waals surface area contributed by atoms with E-state index in [2.05, 4.69) is 5.32 Å². The summed E-state index contributed by atoms with van der Waals surface area (Å²) >= 11 is 1.91. The number of alkyl halides is 3. The minimum absolute atomic E-state index is 0.167. The van der Waals surface area contributed by atoms with Crippen LogP contribution in [0.15, 0.2) is 88.7 Å². The summed E-state index contributed by atoms with van der Waals surface area (Å²) < 4.78 is 41.7. The van der Waals surface area contributed by atoms with Gasteiger partial charge < -0.3 is 5.32 Å². The Bertz CT molecular complexity index is 1780. The molecule has 0 spiro atoms. The lowest BCUT2D eigenvalue weighted by Crippen LogP contribution is -2.33. The smallest absolute Gasteiger partial charge is 0.324 e. The van der Waals surface area contributed by atoms with Crippen LogP contribution in [0.5, 0.6) is 0 Å². The predicted octanol–water partition coefficient (Wildman–Crippen LogP) is 5.67. The first-order valence-corrected chi connectivity index (χ1v) is 14.6. The minimum atomic E-state index is -4.66. The third-order valence-corrected chi connectivity index (χ3v) is 9.96. The lowest BCUT2D eigenvalue weighted by molar-refractivity contribution is -0.137. The molecule has 0 aliphatic carbocycles. The summed E-state index contributed by atoms with van der Waals surface area (Å²) in [4.78, 5) is 54.8. The number of carbonyl (C=O) groups is 3. The highest BCUT2D eigenvalue weighted by atomic mass is 32.2. The van der Waals surface area contributed by atoms with Crippen LogP contribution in [0.4, 0.5) is 24.5 Å². The molecule has 0 unspecified atom stereocenters. The second-order valence-electron chi connectivity index (χ2n) is 10.00. The number of halogens is 3. The standard InChI is InChI=1S/C30H22F3N3O4S2/c1-16-8-5-6-13-20(16)34-21(37)15-35-28-25(42-29(35)40)22(17-9-3-2-4-10-17)23-24(41-28)27(39)36(26(23)38)19-12-7-11-18(14-19)30(31,32)33/h2-14,22-24H,15H2,1H3,(H,34,37)/t22-,23-,24+/m0/s1. The molecule has 3 atom stereocenters. The van der Waals surface area contributed by atoms with Crippen molar-refractivity contribution in [2.24, 2.45) is 5.92 Å². The summed E-state index contributed by atoms with van der Waals surface area (Å²) in [5.41, 5.74) is 0.980. The number of thiazole rings is 1. The first-order chi connectivity index (χ1) is 20.0. The van der Waals surface area contributed by atoms with Crippen LogP contribution in [0.2, 0.25) is 0 Å². The van der Waals surface area contributed by atoms with Crippen molar-refractivity contribution in [3.63, 3.8) is 0 Å². The Labute approximate surface area is 246 Å². The van der Waals surface area contributed by atoms with Crippen molar-refractivity contribution in [3.8, 4) is 0 Å². The number of hydrogen-bond donors (Lipinski definition) is 1. The first kappa shape index (κ1) is 28.0. The summed E-state index contributed by atoms with van der Waals surface area (Å²) in [5, 5.41) is 2.19. The number of rotatable bonds is 5. The van der Waals surface area contributed by atoms with Gasteiger partial charge in [-0.05, 0) is 42.3 Å². The van der Waals surface area contributed by atoms with Crippen LogP contribution in [0, 0.1) is 12.8 Å². The van der Waals surface area contributed by atoms with E-state index in [1.807, 2.05) is 19.1 Å². The van der Waals surface area contributed by atoms with Gasteiger partial charge in [0.05, 0.1) is 22.2 Å². The zero-order valence-electron chi connectivity index (χ0n) is 21.9. The molecule has 0 bridgehead atoms. The fourth-order valence-corrected chi connectivity index (χ4v) is 8.17. The van der Waals surface area contributed by atoms with E-state index >= 15 is 0 Å². The van der Waals surface area contributed by atoms with E-state index < -0.39 is 51.4 Å². The number of anilines is 2. The number of imide groups is 1. The predicted molar refractivity (Wildman–Crippen MR) is 154 cm³/mol. The average Bonchev–Trinajstić information content (AvgIpc) is 3.40. The van der Waals surface area contributed by atoms with Crippen LogP contribution in [-0.4, -0.2) is 27.5 Å². The van der Waals surface area contributed by atoms with Gasteiger partial charge in [-0.1, -0.05) is 77.7 Å². The van der Waals surface area contributed by atoms with Crippen molar-refractivity contribution in [3.05, 3.63) is 110 Å². The molecule has 1 N–H and O–H groups in total. The van der Waals surface area contributed by atoms with Gasteiger partial charge >= 0.3 is 11.0 Å². The fraction of sp³-hybridized carbons (Fsp3) is 0.200. The van der Waals surface area contributed by atoms with Gasteiger partial charge in [-0.2, -0.15) is 13.2 Å². The Kier molecular flexibility index (Phi) is 7.06. The third kappa shape index (κ3) is 4.84. The minimum Gasteiger partial charge on any atom is -0.324 e.